The molecule has 0 unspecified atom stereocenters. The lowest BCUT2D eigenvalue weighted by Crippen LogP contribution is -2.53. The van der Waals surface area contributed by atoms with Gasteiger partial charge in [-0.25, -0.2) is 8.42 Å². The topological polar surface area (TPSA) is 66.9 Å². The summed E-state index contributed by atoms with van der Waals surface area (Å²) in [6.07, 6.45) is -0.620. The first-order chi connectivity index (χ1) is 13.3. The number of sulfonamides is 1. The summed E-state index contributed by atoms with van der Waals surface area (Å²) in [5.74, 6) is 0.506. The number of carbonyl (C=O) groups is 1. The number of hydrogen-bond acceptors (Lipinski definition) is 4. The van der Waals surface area contributed by atoms with Crippen molar-refractivity contribution < 1.29 is 17.9 Å². The van der Waals surface area contributed by atoms with Crippen molar-refractivity contribution in [1.29, 1.82) is 0 Å². The van der Waals surface area contributed by atoms with Crippen molar-refractivity contribution in [3.63, 3.8) is 0 Å². The summed E-state index contributed by atoms with van der Waals surface area (Å²) in [5.41, 5.74) is 2.00. The average molecular weight is 403 g/mol. The van der Waals surface area contributed by atoms with E-state index in [0.29, 0.717) is 23.7 Å². The molecule has 0 saturated carbocycles. The van der Waals surface area contributed by atoms with Crippen LogP contribution in [0, 0.1) is 13.8 Å². The maximum Gasteiger partial charge on any atom is 0.263 e. The van der Waals surface area contributed by atoms with Crippen molar-refractivity contribution in [2.24, 2.45) is 0 Å². The molecule has 0 spiro atoms. The van der Waals surface area contributed by atoms with Crippen LogP contribution in [0.4, 0.5) is 0 Å². The van der Waals surface area contributed by atoms with E-state index < -0.39 is 16.1 Å². The Balaban J connectivity index is 1.61. The summed E-state index contributed by atoms with van der Waals surface area (Å²) in [5, 5.41) is 0. The van der Waals surface area contributed by atoms with E-state index in [2.05, 4.69) is 0 Å². The third-order valence-corrected chi connectivity index (χ3v) is 6.96. The van der Waals surface area contributed by atoms with Gasteiger partial charge in [-0.2, -0.15) is 4.31 Å². The number of nitrogens with zero attached hydrogens (tertiary/aromatic N) is 2. The summed E-state index contributed by atoms with van der Waals surface area (Å²) in [6.45, 7) is 6.83. The minimum Gasteiger partial charge on any atom is -0.481 e. The minimum absolute atomic E-state index is 0.132. The van der Waals surface area contributed by atoms with Crippen LogP contribution < -0.4 is 4.74 Å². The maximum absolute atomic E-state index is 12.9. The normalized spacial score (nSPS) is 16.6. The fraction of sp³-hybridized carbons (Fsp3) is 0.381. The minimum atomic E-state index is -3.56. The van der Waals surface area contributed by atoms with Crippen molar-refractivity contribution in [2.45, 2.75) is 31.8 Å². The summed E-state index contributed by atoms with van der Waals surface area (Å²) in [6, 6.07) is 14.4. The quantitative estimate of drug-likeness (QED) is 0.771. The number of carbonyl (C=O) groups excluding carboxylic acids is 1. The van der Waals surface area contributed by atoms with Crippen LogP contribution in [0.2, 0.25) is 0 Å². The molecule has 0 radical (unpaired) electrons. The maximum atomic E-state index is 12.9. The molecule has 150 valence electrons. The number of amides is 1. The van der Waals surface area contributed by atoms with Crippen molar-refractivity contribution in [1.82, 2.24) is 9.21 Å². The third-order valence-electron chi connectivity index (χ3n) is 5.07. The smallest absolute Gasteiger partial charge is 0.263 e. The first kappa shape index (κ1) is 20.4. The van der Waals surface area contributed by atoms with E-state index in [9.17, 15) is 13.2 Å². The molecule has 28 heavy (non-hydrogen) atoms. The standard InChI is InChI=1S/C21H26N2O4S/c1-16-9-10-20(15-17(16)2)28(25,26)23-13-11-22(12-14-23)21(24)18(3)27-19-7-5-4-6-8-19/h4-10,15,18H,11-14H2,1-3H3/t18-/m1/s1. The highest BCUT2D eigenvalue weighted by Crippen LogP contribution is 2.21. The SMILES string of the molecule is Cc1ccc(S(=O)(=O)N2CCN(C(=O)[C@@H](C)Oc3ccccc3)CC2)cc1C. The lowest BCUT2D eigenvalue weighted by atomic mass is 10.1. The van der Waals surface area contributed by atoms with Gasteiger partial charge in [-0.3, -0.25) is 4.79 Å². The molecule has 1 fully saturated rings. The fourth-order valence-electron chi connectivity index (χ4n) is 3.18. The Morgan fingerprint density at radius 2 is 1.61 bits per heavy atom. The number of rotatable bonds is 5. The van der Waals surface area contributed by atoms with E-state index in [1.54, 1.807) is 36.1 Å². The molecule has 1 aliphatic heterocycles. The molecule has 6 nitrogen and oxygen atoms in total. The second-order valence-electron chi connectivity index (χ2n) is 7.05. The van der Waals surface area contributed by atoms with E-state index in [1.807, 2.05) is 38.1 Å². The molecule has 3 rings (SSSR count). The van der Waals surface area contributed by atoms with Gasteiger partial charge in [-0.05, 0) is 56.2 Å². The van der Waals surface area contributed by atoms with Crippen molar-refractivity contribution in [2.75, 3.05) is 26.2 Å². The molecule has 2 aromatic rings. The van der Waals surface area contributed by atoms with E-state index in [0.717, 1.165) is 11.1 Å². The Labute approximate surface area is 166 Å². The molecule has 0 aromatic heterocycles. The number of para-hydroxylation sites is 1. The lowest BCUT2D eigenvalue weighted by molar-refractivity contribution is -0.139. The summed E-state index contributed by atoms with van der Waals surface area (Å²) < 4.78 is 32.9. The number of piperazine rings is 1. The summed E-state index contributed by atoms with van der Waals surface area (Å²) >= 11 is 0. The zero-order valence-corrected chi connectivity index (χ0v) is 17.3. The third kappa shape index (κ3) is 4.36. The number of ether oxygens (including phenoxy) is 1. The first-order valence-electron chi connectivity index (χ1n) is 9.37. The molecular weight excluding hydrogens is 376 g/mol. The number of aryl methyl sites for hydroxylation is 2. The summed E-state index contributed by atoms with van der Waals surface area (Å²) in [4.78, 5) is 14.6. The van der Waals surface area contributed by atoms with Gasteiger partial charge in [0.2, 0.25) is 10.0 Å². The molecule has 1 aliphatic rings. The van der Waals surface area contributed by atoms with Gasteiger partial charge in [0.1, 0.15) is 5.75 Å². The van der Waals surface area contributed by atoms with Crippen molar-refractivity contribution >= 4 is 15.9 Å². The van der Waals surface area contributed by atoms with E-state index in [1.165, 1.54) is 4.31 Å². The van der Waals surface area contributed by atoms with Crippen LogP contribution in [0.1, 0.15) is 18.1 Å². The Hall–Kier alpha value is -2.38. The van der Waals surface area contributed by atoms with E-state index in [-0.39, 0.29) is 19.0 Å². The molecule has 0 N–H and O–H groups in total. The lowest BCUT2D eigenvalue weighted by Gasteiger charge is -2.35. The van der Waals surface area contributed by atoms with Crippen LogP contribution in [0.15, 0.2) is 53.4 Å². The highest BCUT2D eigenvalue weighted by molar-refractivity contribution is 7.89. The van der Waals surface area contributed by atoms with E-state index >= 15 is 0 Å². The van der Waals surface area contributed by atoms with Gasteiger partial charge < -0.3 is 9.64 Å². The van der Waals surface area contributed by atoms with Gasteiger partial charge in [0.05, 0.1) is 4.90 Å². The molecular formula is C21H26N2O4S. The van der Waals surface area contributed by atoms with Gasteiger partial charge >= 0.3 is 0 Å². The van der Waals surface area contributed by atoms with Gasteiger partial charge in [0.15, 0.2) is 6.10 Å². The molecule has 7 heteroatoms. The van der Waals surface area contributed by atoms with Gasteiger partial charge in [0, 0.05) is 26.2 Å². The van der Waals surface area contributed by atoms with Crippen molar-refractivity contribution in [3.8, 4) is 5.75 Å². The Kier molecular flexibility index (Phi) is 6.05. The van der Waals surface area contributed by atoms with Gasteiger partial charge in [-0.15, -0.1) is 0 Å². The van der Waals surface area contributed by atoms with Crippen LogP contribution in [0.3, 0.4) is 0 Å². The van der Waals surface area contributed by atoms with E-state index in [4.69, 9.17) is 4.74 Å². The first-order valence-corrected chi connectivity index (χ1v) is 10.8. The van der Waals surface area contributed by atoms with Gasteiger partial charge in [0.25, 0.3) is 5.91 Å². The molecule has 1 amide bonds. The van der Waals surface area contributed by atoms with Crippen LogP contribution >= 0.6 is 0 Å². The second kappa shape index (κ2) is 8.32. The van der Waals surface area contributed by atoms with Gasteiger partial charge in [-0.1, -0.05) is 24.3 Å². The molecule has 1 atom stereocenters. The van der Waals surface area contributed by atoms with Crippen LogP contribution in [-0.2, 0) is 14.8 Å². The van der Waals surface area contributed by atoms with Crippen molar-refractivity contribution in [3.05, 3.63) is 59.7 Å². The van der Waals surface area contributed by atoms with Crippen LogP contribution in [0.5, 0.6) is 5.75 Å². The Bertz CT molecular complexity index is 936. The molecule has 1 saturated heterocycles. The molecule has 1 heterocycles. The van der Waals surface area contributed by atoms with Crippen LogP contribution in [-0.4, -0.2) is 55.8 Å². The Morgan fingerprint density at radius 1 is 0.964 bits per heavy atom. The molecule has 2 aromatic carbocycles. The fourth-order valence-corrected chi connectivity index (χ4v) is 4.69. The molecule has 0 aliphatic carbocycles. The second-order valence-corrected chi connectivity index (χ2v) is 8.99. The highest BCUT2D eigenvalue weighted by atomic mass is 32.2. The summed E-state index contributed by atoms with van der Waals surface area (Å²) in [7, 11) is -3.56. The Morgan fingerprint density at radius 3 is 2.21 bits per heavy atom. The predicted molar refractivity (Wildman–Crippen MR) is 108 cm³/mol. The number of benzene rings is 2. The average Bonchev–Trinajstić information content (AvgIpc) is 2.70. The zero-order chi connectivity index (χ0) is 20.3. The highest BCUT2D eigenvalue weighted by Gasteiger charge is 2.32. The monoisotopic (exact) mass is 402 g/mol. The molecule has 0 bridgehead atoms. The number of hydrogen-bond donors (Lipinski definition) is 0. The zero-order valence-electron chi connectivity index (χ0n) is 16.5. The van der Waals surface area contributed by atoms with Crippen LogP contribution in [0.25, 0.3) is 0 Å². The predicted octanol–water partition coefficient (Wildman–Crippen LogP) is 2.60. The largest absolute Gasteiger partial charge is 0.481 e.